The number of halogens is 1. The van der Waals surface area contributed by atoms with E-state index in [1.165, 1.54) is 6.42 Å². The quantitative estimate of drug-likeness (QED) is 0.745. The van der Waals surface area contributed by atoms with Gasteiger partial charge in [0.1, 0.15) is 11.1 Å². The normalized spacial score (nSPS) is 15.5. The Morgan fingerprint density at radius 1 is 1.15 bits per heavy atom. The first-order chi connectivity index (χ1) is 12.5. The van der Waals surface area contributed by atoms with Crippen molar-refractivity contribution >= 4 is 28.5 Å². The number of amides is 1. The summed E-state index contributed by atoms with van der Waals surface area (Å²) < 4.78 is 5.36. The van der Waals surface area contributed by atoms with Gasteiger partial charge in [-0.15, -0.1) is 0 Å². The van der Waals surface area contributed by atoms with E-state index in [-0.39, 0.29) is 17.5 Å². The predicted octanol–water partition coefficient (Wildman–Crippen LogP) is 3.78. The van der Waals surface area contributed by atoms with E-state index in [1.54, 1.807) is 24.3 Å². The van der Waals surface area contributed by atoms with Crippen LogP contribution in [0, 0.1) is 0 Å². The second-order valence-electron chi connectivity index (χ2n) is 7.22. The number of likely N-dealkylation sites (N-methyl/N-ethyl adjacent to an activating group) is 1. The summed E-state index contributed by atoms with van der Waals surface area (Å²) in [6.45, 7) is 1.36. The van der Waals surface area contributed by atoms with Crippen molar-refractivity contribution in [3.8, 4) is 0 Å². The van der Waals surface area contributed by atoms with Crippen molar-refractivity contribution in [3.63, 3.8) is 0 Å². The van der Waals surface area contributed by atoms with Crippen LogP contribution in [0.5, 0.6) is 0 Å². The van der Waals surface area contributed by atoms with E-state index in [1.807, 2.05) is 23.9 Å². The Morgan fingerprint density at radius 2 is 1.88 bits per heavy atom. The number of hydrogen-bond donors (Lipinski definition) is 0. The predicted molar refractivity (Wildman–Crippen MR) is 104 cm³/mol. The maximum Gasteiger partial charge on any atom is 0.349 e. The molecule has 0 radical (unpaired) electrons. The van der Waals surface area contributed by atoms with Crippen LogP contribution in [-0.2, 0) is 0 Å². The summed E-state index contributed by atoms with van der Waals surface area (Å²) in [4.78, 5) is 29.6. The van der Waals surface area contributed by atoms with E-state index >= 15 is 0 Å². The van der Waals surface area contributed by atoms with Crippen molar-refractivity contribution in [1.29, 1.82) is 0 Å². The molecule has 6 heteroatoms. The van der Waals surface area contributed by atoms with Gasteiger partial charge in [0.15, 0.2) is 0 Å². The van der Waals surface area contributed by atoms with Crippen LogP contribution in [0.2, 0.25) is 5.02 Å². The largest absolute Gasteiger partial charge is 0.422 e. The molecule has 1 aromatic heterocycles. The van der Waals surface area contributed by atoms with E-state index < -0.39 is 5.63 Å². The topological polar surface area (TPSA) is 53.8 Å². The Bertz CT molecular complexity index is 841. The highest BCUT2D eigenvalue weighted by Crippen LogP contribution is 2.25. The van der Waals surface area contributed by atoms with E-state index in [0.29, 0.717) is 22.5 Å². The molecule has 0 saturated heterocycles. The van der Waals surface area contributed by atoms with Crippen LogP contribution in [-0.4, -0.2) is 48.9 Å². The minimum atomic E-state index is -0.588. The van der Waals surface area contributed by atoms with Crippen LogP contribution in [0.25, 0.3) is 11.0 Å². The lowest BCUT2D eigenvalue weighted by Crippen LogP contribution is -2.45. The van der Waals surface area contributed by atoms with E-state index in [4.69, 9.17) is 16.0 Å². The minimum Gasteiger partial charge on any atom is -0.422 e. The highest BCUT2D eigenvalue weighted by molar-refractivity contribution is 6.31. The van der Waals surface area contributed by atoms with Crippen LogP contribution >= 0.6 is 11.6 Å². The van der Waals surface area contributed by atoms with Crippen molar-refractivity contribution in [1.82, 2.24) is 9.80 Å². The van der Waals surface area contributed by atoms with Crippen molar-refractivity contribution in [2.75, 3.05) is 27.2 Å². The molecule has 0 unspecified atom stereocenters. The molecule has 1 aliphatic rings. The third-order valence-electron chi connectivity index (χ3n) is 4.99. The lowest BCUT2D eigenvalue weighted by atomic mass is 9.93. The van der Waals surface area contributed by atoms with Gasteiger partial charge in [-0.2, -0.15) is 0 Å². The Labute approximate surface area is 158 Å². The first kappa shape index (κ1) is 18.9. The van der Waals surface area contributed by atoms with Gasteiger partial charge in [0, 0.05) is 29.5 Å². The van der Waals surface area contributed by atoms with Gasteiger partial charge in [0.05, 0.1) is 0 Å². The molecular formula is C20H25ClN2O3. The molecule has 0 spiro atoms. The third-order valence-corrected chi connectivity index (χ3v) is 5.22. The van der Waals surface area contributed by atoms with Crippen molar-refractivity contribution in [2.24, 2.45) is 0 Å². The number of hydrogen-bond acceptors (Lipinski definition) is 4. The zero-order chi connectivity index (χ0) is 18.7. The molecule has 3 rings (SSSR count). The number of benzene rings is 1. The molecule has 26 heavy (non-hydrogen) atoms. The monoisotopic (exact) mass is 376 g/mol. The van der Waals surface area contributed by atoms with Crippen LogP contribution in [0.1, 0.15) is 42.5 Å². The molecule has 1 aromatic carbocycles. The first-order valence-electron chi connectivity index (χ1n) is 9.15. The highest BCUT2D eigenvalue weighted by atomic mass is 35.5. The molecule has 2 aromatic rings. The molecular weight excluding hydrogens is 352 g/mol. The number of carbonyl (C=O) groups excluding carboxylic acids is 1. The minimum absolute atomic E-state index is 0.0871. The Kier molecular flexibility index (Phi) is 5.99. The summed E-state index contributed by atoms with van der Waals surface area (Å²) >= 11 is 6.04. The molecule has 140 valence electrons. The third kappa shape index (κ3) is 4.27. The highest BCUT2D eigenvalue weighted by Gasteiger charge is 2.28. The van der Waals surface area contributed by atoms with Crippen LogP contribution in [0.4, 0.5) is 0 Å². The summed E-state index contributed by atoms with van der Waals surface area (Å²) in [5.41, 5.74) is -0.0620. The van der Waals surface area contributed by atoms with Gasteiger partial charge in [0.25, 0.3) is 5.91 Å². The summed E-state index contributed by atoms with van der Waals surface area (Å²) in [6.07, 6.45) is 5.44. The molecule has 0 aliphatic heterocycles. The summed E-state index contributed by atoms with van der Waals surface area (Å²) in [5.74, 6) is -0.241. The average Bonchev–Trinajstić information content (AvgIpc) is 2.62. The van der Waals surface area contributed by atoms with Crippen LogP contribution in [0.3, 0.4) is 0 Å². The number of rotatable bonds is 5. The van der Waals surface area contributed by atoms with Crippen LogP contribution < -0.4 is 5.63 Å². The maximum absolute atomic E-state index is 13.2. The Hall–Kier alpha value is -1.85. The van der Waals surface area contributed by atoms with Gasteiger partial charge in [-0.1, -0.05) is 30.9 Å². The number of nitrogens with zero attached hydrogens (tertiary/aromatic N) is 2. The molecule has 1 amide bonds. The zero-order valence-corrected chi connectivity index (χ0v) is 16.1. The second kappa shape index (κ2) is 8.23. The standard InChI is InChI=1S/C20H25ClN2O3/c1-22(2)10-11-23(16-6-4-3-5-7-16)19(24)17-13-14-12-15(21)8-9-18(14)26-20(17)25/h8-9,12-13,16H,3-7,10-11H2,1-2H3. The molecule has 1 heterocycles. The van der Waals surface area contributed by atoms with Gasteiger partial charge in [-0.05, 0) is 51.2 Å². The van der Waals surface area contributed by atoms with Gasteiger partial charge in [-0.25, -0.2) is 4.79 Å². The molecule has 5 nitrogen and oxygen atoms in total. The second-order valence-corrected chi connectivity index (χ2v) is 7.66. The van der Waals surface area contributed by atoms with Gasteiger partial charge in [-0.3, -0.25) is 4.79 Å². The fraction of sp³-hybridized carbons (Fsp3) is 0.500. The molecule has 1 aliphatic carbocycles. The van der Waals surface area contributed by atoms with Gasteiger partial charge < -0.3 is 14.2 Å². The fourth-order valence-electron chi connectivity index (χ4n) is 3.55. The zero-order valence-electron chi connectivity index (χ0n) is 15.3. The van der Waals surface area contributed by atoms with E-state index in [2.05, 4.69) is 0 Å². The summed E-state index contributed by atoms with van der Waals surface area (Å²) in [7, 11) is 3.96. The van der Waals surface area contributed by atoms with Crippen molar-refractivity contribution < 1.29 is 9.21 Å². The molecule has 0 atom stereocenters. The average molecular weight is 377 g/mol. The van der Waals surface area contributed by atoms with Gasteiger partial charge in [0.2, 0.25) is 0 Å². The molecule has 0 N–H and O–H groups in total. The van der Waals surface area contributed by atoms with E-state index in [0.717, 1.165) is 32.2 Å². The Morgan fingerprint density at radius 3 is 2.58 bits per heavy atom. The van der Waals surface area contributed by atoms with Crippen LogP contribution in [0.15, 0.2) is 33.5 Å². The Balaban J connectivity index is 1.95. The van der Waals surface area contributed by atoms with Crippen molar-refractivity contribution in [3.05, 3.63) is 45.3 Å². The number of fused-ring (bicyclic) bond motifs is 1. The molecule has 0 bridgehead atoms. The summed E-state index contributed by atoms with van der Waals surface area (Å²) in [6, 6.07) is 6.82. The maximum atomic E-state index is 13.2. The smallest absolute Gasteiger partial charge is 0.349 e. The van der Waals surface area contributed by atoms with Crippen molar-refractivity contribution in [2.45, 2.75) is 38.1 Å². The summed E-state index contributed by atoms with van der Waals surface area (Å²) in [5, 5.41) is 1.21. The lowest BCUT2D eigenvalue weighted by molar-refractivity contribution is 0.0614. The lowest BCUT2D eigenvalue weighted by Gasteiger charge is -2.35. The number of carbonyl (C=O) groups is 1. The fourth-order valence-corrected chi connectivity index (χ4v) is 3.73. The van der Waals surface area contributed by atoms with Gasteiger partial charge >= 0.3 is 5.63 Å². The van der Waals surface area contributed by atoms with E-state index in [9.17, 15) is 9.59 Å². The molecule has 1 saturated carbocycles. The SMILES string of the molecule is CN(C)CCN(C(=O)c1cc2cc(Cl)ccc2oc1=O)C1CCCCC1. The first-order valence-corrected chi connectivity index (χ1v) is 9.52. The molecule has 1 fully saturated rings.